The van der Waals surface area contributed by atoms with Crippen molar-refractivity contribution in [2.45, 2.75) is 32.0 Å². The van der Waals surface area contributed by atoms with Crippen molar-refractivity contribution in [2.75, 3.05) is 19.8 Å². The quantitative estimate of drug-likeness (QED) is 0.608. The van der Waals surface area contributed by atoms with Crippen LogP contribution in [0.1, 0.15) is 13.8 Å². The summed E-state index contributed by atoms with van der Waals surface area (Å²) in [6.45, 7) is 4.42. The molecule has 0 spiro atoms. The zero-order valence-corrected chi connectivity index (χ0v) is 9.92. The van der Waals surface area contributed by atoms with Crippen LogP contribution < -0.4 is 5.32 Å². The first-order chi connectivity index (χ1) is 7.93. The van der Waals surface area contributed by atoms with E-state index in [0.717, 1.165) is 0 Å². The molecule has 3 N–H and O–H groups in total. The van der Waals surface area contributed by atoms with Gasteiger partial charge in [-0.3, -0.25) is 0 Å². The van der Waals surface area contributed by atoms with E-state index >= 15 is 0 Å². The van der Waals surface area contributed by atoms with Gasteiger partial charge in [-0.15, -0.1) is 0 Å². The van der Waals surface area contributed by atoms with Gasteiger partial charge in [0.25, 0.3) is 0 Å². The topological polar surface area (TPSA) is 99.1 Å². The van der Waals surface area contributed by atoms with Gasteiger partial charge in [0.2, 0.25) is 0 Å². The molecule has 0 radical (unpaired) electrons. The molecule has 7 nitrogen and oxygen atoms in total. The number of urea groups is 1. The Morgan fingerprint density at radius 2 is 2.18 bits per heavy atom. The third kappa shape index (κ3) is 3.57. The van der Waals surface area contributed by atoms with E-state index in [2.05, 4.69) is 5.32 Å². The van der Waals surface area contributed by atoms with Crippen LogP contribution in [0.2, 0.25) is 0 Å². The number of aliphatic hydroxyl groups excluding tert-OH is 1. The predicted molar refractivity (Wildman–Crippen MR) is 58.6 cm³/mol. The molecule has 1 aliphatic heterocycles. The van der Waals surface area contributed by atoms with Crippen LogP contribution in [0.4, 0.5) is 4.79 Å². The van der Waals surface area contributed by atoms with E-state index in [9.17, 15) is 14.7 Å². The summed E-state index contributed by atoms with van der Waals surface area (Å²) in [5.74, 6) is -1.26. The fourth-order valence-electron chi connectivity index (χ4n) is 1.63. The average molecular weight is 246 g/mol. The summed E-state index contributed by atoms with van der Waals surface area (Å²) in [5, 5.41) is 20.4. The standard InChI is InChI=1S/C10H18N2O5/c1-6-5-17-4-3-12(6)10(16)11-8(7(2)13)9(14)15/h6-8,13H,3-5H2,1-2H3,(H,11,16)(H,14,15). The molecule has 1 saturated heterocycles. The number of hydrogen-bond acceptors (Lipinski definition) is 4. The highest BCUT2D eigenvalue weighted by Gasteiger charge is 2.30. The van der Waals surface area contributed by atoms with Gasteiger partial charge in [-0.05, 0) is 13.8 Å². The minimum Gasteiger partial charge on any atom is -0.480 e. The van der Waals surface area contributed by atoms with Crippen LogP contribution in [0.5, 0.6) is 0 Å². The smallest absolute Gasteiger partial charge is 0.328 e. The zero-order chi connectivity index (χ0) is 13.0. The number of ether oxygens (including phenoxy) is 1. The van der Waals surface area contributed by atoms with Crippen LogP contribution in [0, 0.1) is 0 Å². The first-order valence-electron chi connectivity index (χ1n) is 5.49. The Labute approximate surface area is 99.4 Å². The molecule has 3 atom stereocenters. The summed E-state index contributed by atoms with van der Waals surface area (Å²) in [5.41, 5.74) is 0. The molecule has 0 aliphatic carbocycles. The van der Waals surface area contributed by atoms with E-state index in [4.69, 9.17) is 9.84 Å². The predicted octanol–water partition coefficient (Wildman–Crippen LogP) is -0.749. The van der Waals surface area contributed by atoms with Gasteiger partial charge in [0.15, 0.2) is 6.04 Å². The highest BCUT2D eigenvalue weighted by Crippen LogP contribution is 2.07. The molecular weight excluding hydrogens is 228 g/mol. The van der Waals surface area contributed by atoms with Gasteiger partial charge in [-0.25, -0.2) is 9.59 Å². The molecule has 0 aromatic heterocycles. The summed E-state index contributed by atoms with van der Waals surface area (Å²) in [7, 11) is 0. The lowest BCUT2D eigenvalue weighted by atomic mass is 10.2. The van der Waals surface area contributed by atoms with E-state index in [-0.39, 0.29) is 6.04 Å². The highest BCUT2D eigenvalue weighted by atomic mass is 16.5. The Hall–Kier alpha value is -1.34. The number of carboxylic acid groups (broad SMARTS) is 1. The lowest BCUT2D eigenvalue weighted by Crippen LogP contribution is -2.56. The van der Waals surface area contributed by atoms with Crippen molar-refractivity contribution >= 4 is 12.0 Å². The van der Waals surface area contributed by atoms with Crippen molar-refractivity contribution < 1.29 is 24.5 Å². The SMILES string of the molecule is CC(O)C(NC(=O)N1CCOCC1C)C(=O)O. The normalized spacial score (nSPS) is 23.9. The summed E-state index contributed by atoms with van der Waals surface area (Å²) < 4.78 is 5.17. The monoisotopic (exact) mass is 246 g/mol. The van der Waals surface area contributed by atoms with Gasteiger partial charge in [0, 0.05) is 6.54 Å². The van der Waals surface area contributed by atoms with Crippen molar-refractivity contribution in [2.24, 2.45) is 0 Å². The first kappa shape index (κ1) is 13.7. The molecule has 0 saturated carbocycles. The molecule has 1 rings (SSSR count). The Kier molecular flexibility index (Phi) is 4.71. The molecule has 1 heterocycles. The summed E-state index contributed by atoms with van der Waals surface area (Å²) in [6.07, 6.45) is -1.15. The molecular formula is C10H18N2O5. The Balaban J connectivity index is 2.60. The van der Waals surface area contributed by atoms with Crippen LogP contribution in [0.3, 0.4) is 0 Å². The number of rotatable bonds is 3. The molecule has 98 valence electrons. The van der Waals surface area contributed by atoms with Crippen LogP contribution >= 0.6 is 0 Å². The third-order valence-corrected chi connectivity index (χ3v) is 2.66. The van der Waals surface area contributed by atoms with E-state index in [1.165, 1.54) is 11.8 Å². The van der Waals surface area contributed by atoms with E-state index in [1.54, 1.807) is 0 Å². The van der Waals surface area contributed by atoms with Gasteiger partial charge < -0.3 is 25.2 Å². The molecule has 1 aliphatic rings. The van der Waals surface area contributed by atoms with E-state index in [1.807, 2.05) is 6.92 Å². The number of carbonyl (C=O) groups excluding carboxylic acids is 1. The lowest BCUT2D eigenvalue weighted by molar-refractivity contribution is -0.141. The van der Waals surface area contributed by atoms with Crippen LogP contribution in [0.25, 0.3) is 0 Å². The number of morpholine rings is 1. The maximum Gasteiger partial charge on any atom is 0.328 e. The molecule has 3 unspecified atom stereocenters. The van der Waals surface area contributed by atoms with E-state index < -0.39 is 24.1 Å². The maximum atomic E-state index is 11.8. The second-order valence-electron chi connectivity index (χ2n) is 4.12. The van der Waals surface area contributed by atoms with Gasteiger partial charge in [0.05, 0.1) is 25.4 Å². The maximum absolute atomic E-state index is 11.8. The molecule has 0 aromatic carbocycles. The van der Waals surface area contributed by atoms with Crippen LogP contribution in [-0.4, -0.2) is 65.1 Å². The second kappa shape index (κ2) is 5.83. The fourth-order valence-corrected chi connectivity index (χ4v) is 1.63. The average Bonchev–Trinajstić information content (AvgIpc) is 2.25. The largest absolute Gasteiger partial charge is 0.480 e. The van der Waals surface area contributed by atoms with Gasteiger partial charge >= 0.3 is 12.0 Å². The van der Waals surface area contributed by atoms with Gasteiger partial charge in [0.1, 0.15) is 0 Å². The number of nitrogens with zero attached hydrogens (tertiary/aromatic N) is 1. The number of amides is 2. The van der Waals surface area contributed by atoms with Gasteiger partial charge in [-0.1, -0.05) is 0 Å². The first-order valence-corrected chi connectivity index (χ1v) is 5.49. The molecule has 17 heavy (non-hydrogen) atoms. The number of carboxylic acids is 1. The number of aliphatic carboxylic acids is 1. The summed E-state index contributed by atoms with van der Waals surface area (Å²) in [4.78, 5) is 24.1. The molecule has 2 amide bonds. The van der Waals surface area contributed by atoms with Crippen molar-refractivity contribution in [1.29, 1.82) is 0 Å². The Bertz CT molecular complexity index is 294. The fraction of sp³-hybridized carbons (Fsp3) is 0.800. The van der Waals surface area contributed by atoms with Crippen molar-refractivity contribution in [3.63, 3.8) is 0 Å². The van der Waals surface area contributed by atoms with Gasteiger partial charge in [-0.2, -0.15) is 0 Å². The number of carbonyl (C=O) groups is 2. The lowest BCUT2D eigenvalue weighted by Gasteiger charge is -2.34. The second-order valence-corrected chi connectivity index (χ2v) is 4.12. The van der Waals surface area contributed by atoms with Crippen molar-refractivity contribution in [3.05, 3.63) is 0 Å². The van der Waals surface area contributed by atoms with Crippen molar-refractivity contribution in [1.82, 2.24) is 10.2 Å². The van der Waals surface area contributed by atoms with Crippen LogP contribution in [-0.2, 0) is 9.53 Å². The van der Waals surface area contributed by atoms with Crippen molar-refractivity contribution in [3.8, 4) is 0 Å². The third-order valence-electron chi connectivity index (χ3n) is 2.66. The highest BCUT2D eigenvalue weighted by molar-refractivity contribution is 5.83. The number of nitrogens with one attached hydrogen (secondary N) is 1. The van der Waals surface area contributed by atoms with Crippen LogP contribution in [0.15, 0.2) is 0 Å². The minimum atomic E-state index is -1.29. The summed E-state index contributed by atoms with van der Waals surface area (Å²) >= 11 is 0. The molecule has 0 bridgehead atoms. The minimum absolute atomic E-state index is 0.104. The molecule has 1 fully saturated rings. The number of hydrogen-bond donors (Lipinski definition) is 3. The van der Waals surface area contributed by atoms with E-state index in [0.29, 0.717) is 19.8 Å². The zero-order valence-electron chi connectivity index (χ0n) is 9.92. The number of aliphatic hydroxyl groups is 1. The molecule has 0 aromatic rings. The molecule has 7 heteroatoms. The summed E-state index contributed by atoms with van der Waals surface area (Å²) in [6, 6.07) is -1.89. The Morgan fingerprint density at radius 1 is 1.53 bits per heavy atom. The Morgan fingerprint density at radius 3 is 2.65 bits per heavy atom.